The van der Waals surface area contributed by atoms with Crippen LogP contribution in [0.2, 0.25) is 5.02 Å². The molecule has 1 aliphatic rings. The van der Waals surface area contributed by atoms with Crippen LogP contribution in [-0.4, -0.2) is 55.4 Å². The molecule has 1 heterocycles. The average Bonchev–Trinajstić information content (AvgIpc) is 2.49. The maximum atomic E-state index is 11.9. The van der Waals surface area contributed by atoms with Crippen molar-refractivity contribution in [2.24, 2.45) is 0 Å². The summed E-state index contributed by atoms with van der Waals surface area (Å²) in [7, 11) is 1.51. The predicted octanol–water partition coefficient (Wildman–Crippen LogP) is 2.17. The van der Waals surface area contributed by atoms with Crippen LogP contribution in [0.25, 0.3) is 0 Å². The number of carbonyl (C=O) groups is 1. The van der Waals surface area contributed by atoms with Crippen LogP contribution in [-0.2, 0) is 4.79 Å². The summed E-state index contributed by atoms with van der Waals surface area (Å²) in [6.07, 6.45) is 0. The minimum Gasteiger partial charge on any atom is -0.491 e. The zero-order valence-electron chi connectivity index (χ0n) is 13.6. The van der Waals surface area contributed by atoms with Crippen molar-refractivity contribution < 1.29 is 19.4 Å². The van der Waals surface area contributed by atoms with Crippen LogP contribution >= 0.6 is 11.6 Å². The number of piperazine rings is 1. The zero-order chi connectivity index (χ0) is 17.0. The Bertz CT molecular complexity index is 567. The first-order valence-electron chi connectivity index (χ1n) is 7.69. The third-order valence-electron chi connectivity index (χ3n) is 3.97. The maximum Gasteiger partial charge on any atom is 0.325 e. The Hall–Kier alpha value is -1.50. The smallest absolute Gasteiger partial charge is 0.325 e. The molecule has 6 nitrogen and oxygen atoms in total. The molecule has 1 saturated heterocycles. The van der Waals surface area contributed by atoms with Gasteiger partial charge < -0.3 is 19.9 Å². The Balaban J connectivity index is 2.44. The summed E-state index contributed by atoms with van der Waals surface area (Å²) in [4.78, 5) is 13.9. The number of hydrogen-bond donors (Lipinski definition) is 2. The molecular weight excluding hydrogens is 320 g/mol. The molecule has 0 aromatic heterocycles. The van der Waals surface area contributed by atoms with Crippen molar-refractivity contribution in [3.8, 4) is 11.5 Å². The number of ether oxygens (including phenoxy) is 2. The number of benzene rings is 1. The predicted molar refractivity (Wildman–Crippen MR) is 88.6 cm³/mol. The van der Waals surface area contributed by atoms with E-state index in [0.717, 1.165) is 13.1 Å². The van der Waals surface area contributed by atoms with E-state index in [-0.39, 0.29) is 6.04 Å². The summed E-state index contributed by atoms with van der Waals surface area (Å²) in [6.45, 7) is 6.48. The van der Waals surface area contributed by atoms with Crippen LogP contribution in [0, 0.1) is 0 Å². The van der Waals surface area contributed by atoms with Gasteiger partial charge in [-0.3, -0.25) is 9.69 Å². The van der Waals surface area contributed by atoms with Crippen molar-refractivity contribution in [2.45, 2.75) is 25.9 Å². The standard InChI is InChI=1S/C16H23ClN2O4/c1-4-23-13-8-11(7-12(17)15(13)22-3)14(16(20)21)19-6-5-18-9-10(19)2/h7-8,10,14,18H,4-6,9H2,1-3H3,(H,20,21). The fraction of sp³-hybridized carbons (Fsp3) is 0.562. The fourth-order valence-corrected chi connectivity index (χ4v) is 3.22. The number of rotatable bonds is 6. The summed E-state index contributed by atoms with van der Waals surface area (Å²) in [5.41, 5.74) is 0.598. The number of nitrogens with zero attached hydrogens (tertiary/aromatic N) is 1. The average molecular weight is 343 g/mol. The molecule has 7 heteroatoms. The quantitative estimate of drug-likeness (QED) is 0.825. The molecule has 0 amide bonds. The molecule has 2 unspecified atom stereocenters. The van der Waals surface area contributed by atoms with Crippen molar-refractivity contribution in [1.29, 1.82) is 0 Å². The van der Waals surface area contributed by atoms with Gasteiger partial charge in [-0.05, 0) is 31.5 Å². The molecule has 2 atom stereocenters. The monoisotopic (exact) mass is 342 g/mol. The molecule has 0 aliphatic carbocycles. The van der Waals surface area contributed by atoms with Crippen molar-refractivity contribution in [1.82, 2.24) is 10.2 Å². The van der Waals surface area contributed by atoms with Gasteiger partial charge in [0.2, 0.25) is 0 Å². The fourth-order valence-electron chi connectivity index (χ4n) is 2.92. The largest absolute Gasteiger partial charge is 0.491 e. The summed E-state index contributed by atoms with van der Waals surface area (Å²) in [5, 5.41) is 13.4. The van der Waals surface area contributed by atoms with Gasteiger partial charge >= 0.3 is 5.97 Å². The van der Waals surface area contributed by atoms with E-state index in [1.807, 2.05) is 18.7 Å². The van der Waals surface area contributed by atoms with E-state index in [2.05, 4.69) is 5.32 Å². The number of carboxylic acids is 1. The Kier molecular flexibility index (Phi) is 6.10. The molecule has 0 spiro atoms. The van der Waals surface area contributed by atoms with Crippen LogP contribution in [0.4, 0.5) is 0 Å². The molecule has 1 aromatic rings. The van der Waals surface area contributed by atoms with Gasteiger partial charge in [0.05, 0.1) is 18.7 Å². The highest BCUT2D eigenvalue weighted by Gasteiger charge is 2.33. The highest BCUT2D eigenvalue weighted by molar-refractivity contribution is 6.32. The number of carboxylic acid groups (broad SMARTS) is 1. The zero-order valence-corrected chi connectivity index (χ0v) is 14.4. The van der Waals surface area contributed by atoms with Crippen LogP contribution < -0.4 is 14.8 Å². The molecule has 2 rings (SSSR count). The Morgan fingerprint density at radius 1 is 1.57 bits per heavy atom. The molecular formula is C16H23ClN2O4. The van der Waals surface area contributed by atoms with Crippen molar-refractivity contribution in [2.75, 3.05) is 33.4 Å². The second-order valence-electron chi connectivity index (χ2n) is 5.50. The molecule has 0 saturated carbocycles. The highest BCUT2D eigenvalue weighted by atomic mass is 35.5. The van der Waals surface area contributed by atoms with Gasteiger partial charge in [0, 0.05) is 25.7 Å². The maximum absolute atomic E-state index is 11.9. The second kappa shape index (κ2) is 7.86. The lowest BCUT2D eigenvalue weighted by Gasteiger charge is -2.38. The molecule has 128 valence electrons. The van der Waals surface area contributed by atoms with Gasteiger partial charge in [0.25, 0.3) is 0 Å². The molecule has 1 aromatic carbocycles. The van der Waals surface area contributed by atoms with Crippen molar-refractivity contribution in [3.63, 3.8) is 0 Å². The lowest BCUT2D eigenvalue weighted by Crippen LogP contribution is -2.52. The van der Waals surface area contributed by atoms with Crippen LogP contribution in [0.1, 0.15) is 25.5 Å². The Morgan fingerprint density at radius 3 is 2.87 bits per heavy atom. The van der Waals surface area contributed by atoms with Crippen LogP contribution in [0.15, 0.2) is 12.1 Å². The van der Waals surface area contributed by atoms with Crippen molar-refractivity contribution in [3.05, 3.63) is 22.7 Å². The normalized spacial score (nSPS) is 20.1. The third-order valence-corrected chi connectivity index (χ3v) is 4.25. The highest BCUT2D eigenvalue weighted by Crippen LogP contribution is 2.39. The first kappa shape index (κ1) is 17.8. The Labute approximate surface area is 141 Å². The van der Waals surface area contributed by atoms with Gasteiger partial charge in [-0.15, -0.1) is 0 Å². The minimum absolute atomic E-state index is 0.112. The Morgan fingerprint density at radius 2 is 2.30 bits per heavy atom. The molecule has 0 bridgehead atoms. The van der Waals surface area contributed by atoms with Gasteiger partial charge in [-0.1, -0.05) is 11.6 Å². The van der Waals surface area contributed by atoms with E-state index < -0.39 is 12.0 Å². The lowest BCUT2D eigenvalue weighted by atomic mass is 10.0. The number of halogens is 1. The minimum atomic E-state index is -0.901. The van der Waals surface area contributed by atoms with E-state index in [0.29, 0.717) is 35.2 Å². The molecule has 2 N–H and O–H groups in total. The van der Waals surface area contributed by atoms with Gasteiger partial charge in [0.1, 0.15) is 6.04 Å². The topological polar surface area (TPSA) is 71.0 Å². The number of hydrogen-bond acceptors (Lipinski definition) is 5. The first-order valence-corrected chi connectivity index (χ1v) is 8.06. The van der Waals surface area contributed by atoms with E-state index in [1.54, 1.807) is 12.1 Å². The lowest BCUT2D eigenvalue weighted by molar-refractivity contribution is -0.145. The van der Waals surface area contributed by atoms with Crippen LogP contribution in [0.5, 0.6) is 11.5 Å². The molecule has 1 fully saturated rings. The summed E-state index contributed by atoms with van der Waals surface area (Å²) >= 11 is 6.27. The SMILES string of the molecule is CCOc1cc(C(C(=O)O)N2CCNCC2C)cc(Cl)c1OC. The van der Waals surface area contributed by atoms with Crippen LogP contribution in [0.3, 0.4) is 0 Å². The summed E-state index contributed by atoms with van der Waals surface area (Å²) in [5.74, 6) is -0.0104. The van der Waals surface area contributed by atoms with E-state index in [9.17, 15) is 9.90 Å². The molecule has 23 heavy (non-hydrogen) atoms. The molecule has 1 aliphatic heterocycles. The molecule has 0 radical (unpaired) electrons. The second-order valence-corrected chi connectivity index (χ2v) is 5.91. The van der Waals surface area contributed by atoms with E-state index >= 15 is 0 Å². The van der Waals surface area contributed by atoms with Gasteiger partial charge in [-0.25, -0.2) is 0 Å². The summed E-state index contributed by atoms with van der Waals surface area (Å²) in [6, 6.07) is 2.70. The van der Waals surface area contributed by atoms with Gasteiger partial charge in [-0.2, -0.15) is 0 Å². The number of methoxy groups -OCH3 is 1. The summed E-state index contributed by atoms with van der Waals surface area (Å²) < 4.78 is 10.8. The first-order chi connectivity index (χ1) is 11.0. The van der Waals surface area contributed by atoms with E-state index in [4.69, 9.17) is 21.1 Å². The number of nitrogens with one attached hydrogen (secondary N) is 1. The van der Waals surface area contributed by atoms with E-state index in [1.165, 1.54) is 7.11 Å². The van der Waals surface area contributed by atoms with Gasteiger partial charge in [0.15, 0.2) is 11.5 Å². The third kappa shape index (κ3) is 3.88. The number of aliphatic carboxylic acids is 1. The van der Waals surface area contributed by atoms with Crippen molar-refractivity contribution >= 4 is 17.6 Å².